The molecule has 0 bridgehead atoms. The monoisotopic (exact) mass is 495 g/mol. The first kappa shape index (κ1) is 27.9. The van der Waals surface area contributed by atoms with Gasteiger partial charge in [-0.25, -0.2) is 9.59 Å². The third-order valence-electron chi connectivity index (χ3n) is 4.36. The minimum atomic E-state index is -1.29. The number of nitrogens with zero attached hydrogens (tertiary/aromatic N) is 3. The molecule has 0 aromatic heterocycles. The molecule has 0 saturated heterocycles. The van der Waals surface area contributed by atoms with E-state index in [2.05, 4.69) is 0 Å². The molecule has 0 atom stereocenters. The summed E-state index contributed by atoms with van der Waals surface area (Å²) in [5.74, 6) is -2.14. The van der Waals surface area contributed by atoms with Gasteiger partial charge in [-0.15, -0.1) is 0 Å². The van der Waals surface area contributed by atoms with Gasteiger partial charge in [0.1, 0.15) is 17.7 Å². The fourth-order valence-corrected chi connectivity index (χ4v) is 3.03. The fraction of sp³-hybridized carbons (Fsp3) is 0.346. The highest BCUT2D eigenvalue weighted by Gasteiger charge is 2.36. The van der Waals surface area contributed by atoms with E-state index in [0.29, 0.717) is 4.90 Å². The van der Waals surface area contributed by atoms with E-state index in [0.717, 1.165) is 4.90 Å². The Morgan fingerprint density at radius 1 is 0.889 bits per heavy atom. The van der Waals surface area contributed by atoms with Crippen LogP contribution in [0.25, 0.3) is 0 Å². The number of aliphatic carboxylic acids is 1. The van der Waals surface area contributed by atoms with E-state index in [1.807, 2.05) is 6.07 Å². The van der Waals surface area contributed by atoms with Gasteiger partial charge in [0.05, 0.1) is 22.9 Å². The second-order valence-electron chi connectivity index (χ2n) is 9.76. The molecular formula is C26H29N3O7. The SMILES string of the molecule is CC(C)(C)OC(=O)N(C(=O)OC(C)(C)C)c1ccc(C#N)cc1C(=O)N(CC(=O)O)c1ccccc1. The van der Waals surface area contributed by atoms with Crippen LogP contribution in [-0.2, 0) is 14.3 Å². The maximum absolute atomic E-state index is 13.7. The van der Waals surface area contributed by atoms with Crippen molar-refractivity contribution in [3.63, 3.8) is 0 Å². The molecule has 10 heteroatoms. The Morgan fingerprint density at radius 3 is 1.86 bits per heavy atom. The lowest BCUT2D eigenvalue weighted by molar-refractivity contribution is -0.135. The Kier molecular flexibility index (Phi) is 8.44. The van der Waals surface area contributed by atoms with E-state index in [9.17, 15) is 29.5 Å². The number of para-hydroxylation sites is 1. The number of ether oxygens (including phenoxy) is 2. The smallest absolute Gasteiger partial charge is 0.424 e. The standard InChI is InChI=1S/C26H29N3O7/c1-25(2,3)35-23(33)29(24(34)36-26(4,5)6)20-13-12-17(15-27)14-19(20)22(32)28(16-21(30)31)18-10-8-7-9-11-18/h7-14H,16H2,1-6H3,(H,30,31). The van der Waals surface area contributed by atoms with Gasteiger partial charge >= 0.3 is 18.2 Å². The van der Waals surface area contributed by atoms with E-state index in [1.165, 1.54) is 30.3 Å². The molecule has 0 unspecified atom stereocenters. The summed E-state index contributed by atoms with van der Waals surface area (Å²) in [6, 6.07) is 13.7. The third-order valence-corrected chi connectivity index (χ3v) is 4.36. The summed E-state index contributed by atoms with van der Waals surface area (Å²) in [6.45, 7) is 8.91. The summed E-state index contributed by atoms with van der Waals surface area (Å²) >= 11 is 0. The summed E-state index contributed by atoms with van der Waals surface area (Å²) < 4.78 is 10.8. The molecule has 36 heavy (non-hydrogen) atoms. The topological polar surface area (TPSA) is 137 Å². The molecule has 0 saturated carbocycles. The number of amides is 3. The highest BCUT2D eigenvalue weighted by Crippen LogP contribution is 2.29. The lowest BCUT2D eigenvalue weighted by Crippen LogP contribution is -2.45. The molecule has 0 fully saturated rings. The van der Waals surface area contributed by atoms with Gasteiger partial charge in [0, 0.05) is 5.69 Å². The van der Waals surface area contributed by atoms with Crippen molar-refractivity contribution in [2.24, 2.45) is 0 Å². The second kappa shape index (κ2) is 10.9. The third kappa shape index (κ3) is 7.56. The number of carboxylic acids is 1. The molecule has 1 N–H and O–H groups in total. The summed E-state index contributed by atoms with van der Waals surface area (Å²) in [4.78, 5) is 53.1. The summed E-state index contributed by atoms with van der Waals surface area (Å²) in [6.07, 6.45) is -2.22. The molecule has 0 radical (unpaired) electrons. The highest BCUT2D eigenvalue weighted by molar-refractivity contribution is 6.18. The Bertz CT molecular complexity index is 1160. The van der Waals surface area contributed by atoms with Gasteiger partial charge < -0.3 is 14.6 Å². The van der Waals surface area contributed by atoms with Crippen LogP contribution in [0.1, 0.15) is 57.5 Å². The van der Waals surface area contributed by atoms with Crippen LogP contribution >= 0.6 is 0 Å². The summed E-state index contributed by atoms with van der Waals surface area (Å²) in [7, 11) is 0. The number of benzene rings is 2. The second-order valence-corrected chi connectivity index (χ2v) is 9.76. The lowest BCUT2D eigenvalue weighted by atomic mass is 10.1. The average Bonchev–Trinajstić information content (AvgIpc) is 2.75. The molecular weight excluding hydrogens is 466 g/mol. The first-order chi connectivity index (χ1) is 16.6. The predicted molar refractivity (Wildman–Crippen MR) is 132 cm³/mol. The van der Waals surface area contributed by atoms with Crippen molar-refractivity contribution in [3.05, 3.63) is 59.7 Å². The Morgan fingerprint density at radius 2 is 1.42 bits per heavy atom. The van der Waals surface area contributed by atoms with Crippen molar-refractivity contribution >= 4 is 35.4 Å². The average molecular weight is 496 g/mol. The molecule has 2 aromatic carbocycles. The number of anilines is 2. The highest BCUT2D eigenvalue weighted by atomic mass is 16.6. The van der Waals surface area contributed by atoms with Gasteiger partial charge in [0.2, 0.25) is 0 Å². The van der Waals surface area contributed by atoms with Crippen molar-refractivity contribution in [2.45, 2.75) is 52.7 Å². The number of rotatable bonds is 5. The number of hydrogen-bond acceptors (Lipinski definition) is 7. The van der Waals surface area contributed by atoms with Gasteiger partial charge in [-0.1, -0.05) is 18.2 Å². The number of carbonyl (C=O) groups excluding carboxylic acids is 3. The van der Waals surface area contributed by atoms with Crippen LogP contribution in [0, 0.1) is 11.3 Å². The van der Waals surface area contributed by atoms with Crippen LogP contribution in [0.3, 0.4) is 0 Å². The molecule has 0 spiro atoms. The van der Waals surface area contributed by atoms with Crippen LogP contribution in [0.15, 0.2) is 48.5 Å². The lowest BCUT2D eigenvalue weighted by Gasteiger charge is -2.30. The van der Waals surface area contributed by atoms with Gasteiger partial charge in [-0.05, 0) is 71.9 Å². The van der Waals surface area contributed by atoms with Gasteiger partial charge in [0.25, 0.3) is 5.91 Å². The zero-order valence-corrected chi connectivity index (χ0v) is 21.1. The summed E-state index contributed by atoms with van der Waals surface area (Å²) in [5.41, 5.74) is -2.16. The van der Waals surface area contributed by atoms with Gasteiger partial charge in [0.15, 0.2) is 0 Å². The number of nitriles is 1. The van der Waals surface area contributed by atoms with E-state index >= 15 is 0 Å². The van der Waals surface area contributed by atoms with Crippen molar-refractivity contribution in [2.75, 3.05) is 16.3 Å². The van der Waals surface area contributed by atoms with Crippen molar-refractivity contribution < 1.29 is 33.8 Å². The van der Waals surface area contributed by atoms with Crippen LogP contribution in [0.4, 0.5) is 21.0 Å². The molecule has 3 amide bonds. The van der Waals surface area contributed by atoms with Crippen molar-refractivity contribution in [1.29, 1.82) is 5.26 Å². The molecule has 0 aliphatic rings. The Hall–Kier alpha value is -4.39. The van der Waals surface area contributed by atoms with Crippen molar-refractivity contribution in [3.8, 4) is 6.07 Å². The van der Waals surface area contributed by atoms with Crippen LogP contribution in [0.2, 0.25) is 0 Å². The first-order valence-electron chi connectivity index (χ1n) is 11.0. The minimum Gasteiger partial charge on any atom is -0.480 e. The molecule has 0 aliphatic carbocycles. The summed E-state index contributed by atoms with van der Waals surface area (Å²) in [5, 5.41) is 18.9. The van der Waals surface area contributed by atoms with E-state index in [1.54, 1.807) is 59.7 Å². The van der Waals surface area contributed by atoms with E-state index in [4.69, 9.17) is 9.47 Å². The molecule has 2 aromatic rings. The van der Waals surface area contributed by atoms with Crippen LogP contribution < -0.4 is 9.80 Å². The normalized spacial score (nSPS) is 11.1. The van der Waals surface area contributed by atoms with E-state index in [-0.39, 0.29) is 22.5 Å². The van der Waals surface area contributed by atoms with Crippen LogP contribution in [-0.4, -0.2) is 46.9 Å². The Labute approximate surface area is 209 Å². The zero-order valence-electron chi connectivity index (χ0n) is 21.1. The molecule has 0 heterocycles. The molecule has 0 aliphatic heterocycles. The quantitative estimate of drug-likeness (QED) is 0.614. The van der Waals surface area contributed by atoms with Gasteiger partial charge in [-0.3, -0.25) is 14.5 Å². The van der Waals surface area contributed by atoms with Crippen molar-refractivity contribution in [1.82, 2.24) is 0 Å². The fourth-order valence-electron chi connectivity index (χ4n) is 3.03. The maximum atomic E-state index is 13.7. The first-order valence-corrected chi connectivity index (χ1v) is 11.0. The van der Waals surface area contributed by atoms with Gasteiger partial charge in [-0.2, -0.15) is 10.2 Å². The number of carboxylic acid groups (broad SMARTS) is 1. The number of carbonyl (C=O) groups is 4. The zero-order chi connectivity index (χ0) is 27.3. The predicted octanol–water partition coefficient (Wildman–Crippen LogP) is 4.97. The van der Waals surface area contributed by atoms with E-state index < -0.39 is 41.8 Å². The molecule has 10 nitrogen and oxygen atoms in total. The minimum absolute atomic E-state index is 0.0544. The number of hydrogen-bond donors (Lipinski definition) is 1. The molecule has 190 valence electrons. The molecule has 2 rings (SSSR count). The Balaban J connectivity index is 2.74. The van der Waals surface area contributed by atoms with Crippen LogP contribution in [0.5, 0.6) is 0 Å². The largest absolute Gasteiger partial charge is 0.480 e. The maximum Gasteiger partial charge on any atom is 0.424 e. The number of imide groups is 1.